The number of nitrogens with zero attached hydrogens (tertiary/aromatic N) is 4. The number of nitrogens with one attached hydrogen (secondary N) is 1. The molecule has 2 amide bonds. The fourth-order valence-corrected chi connectivity index (χ4v) is 3.95. The van der Waals surface area contributed by atoms with Gasteiger partial charge in [0.1, 0.15) is 11.3 Å². The van der Waals surface area contributed by atoms with Gasteiger partial charge in [0.15, 0.2) is 5.65 Å². The number of pyridine rings is 3. The highest BCUT2D eigenvalue weighted by molar-refractivity contribution is 5.96. The number of H-pyrrole nitrogens is 1. The third-order valence-electron chi connectivity index (χ3n) is 5.86. The molecule has 0 aromatic carbocycles. The maximum absolute atomic E-state index is 13.1. The summed E-state index contributed by atoms with van der Waals surface area (Å²) in [7, 11) is 1.72. The summed E-state index contributed by atoms with van der Waals surface area (Å²) in [6.07, 6.45) is 4.56. The normalized spacial score (nSPS) is 13.3. The number of hydrogen-bond acceptors (Lipinski definition) is 5. The van der Waals surface area contributed by atoms with E-state index in [-0.39, 0.29) is 22.9 Å². The first kappa shape index (κ1) is 21.7. The average Bonchev–Trinajstić information content (AvgIpc) is 2.81. The van der Waals surface area contributed by atoms with Crippen LogP contribution < -0.4 is 5.56 Å². The van der Waals surface area contributed by atoms with Gasteiger partial charge in [-0.25, -0.2) is 9.97 Å². The highest BCUT2D eigenvalue weighted by Crippen LogP contribution is 2.22. The van der Waals surface area contributed by atoms with Gasteiger partial charge in [0.2, 0.25) is 0 Å². The van der Waals surface area contributed by atoms with E-state index < -0.39 is 0 Å². The maximum atomic E-state index is 13.1. The first-order valence-electron chi connectivity index (χ1n) is 10.8. The molecule has 4 heterocycles. The summed E-state index contributed by atoms with van der Waals surface area (Å²) < 4.78 is 0. The molecule has 0 spiro atoms. The lowest BCUT2D eigenvalue weighted by Gasteiger charge is -2.30. The molecule has 0 aliphatic carbocycles. The van der Waals surface area contributed by atoms with Crippen LogP contribution in [0.15, 0.2) is 41.5 Å². The van der Waals surface area contributed by atoms with E-state index in [0.717, 1.165) is 22.9 Å². The predicted molar refractivity (Wildman–Crippen MR) is 121 cm³/mol. The zero-order valence-electron chi connectivity index (χ0n) is 18.6. The third-order valence-corrected chi connectivity index (χ3v) is 5.86. The molecule has 0 unspecified atom stereocenters. The average molecular weight is 434 g/mol. The molecule has 0 saturated carbocycles. The van der Waals surface area contributed by atoms with Crippen molar-refractivity contribution >= 4 is 22.8 Å². The highest BCUT2D eigenvalue weighted by Gasteiger charge is 2.29. The number of carbonyl (C=O) groups is 2. The molecule has 1 aliphatic heterocycles. The van der Waals surface area contributed by atoms with Gasteiger partial charge in [-0.15, -0.1) is 0 Å². The first-order chi connectivity index (χ1) is 15.3. The number of rotatable bonds is 5. The Morgan fingerprint density at radius 1 is 1.25 bits per heavy atom. The van der Waals surface area contributed by atoms with Crippen molar-refractivity contribution < 1.29 is 9.59 Å². The van der Waals surface area contributed by atoms with Gasteiger partial charge in [-0.2, -0.15) is 0 Å². The van der Waals surface area contributed by atoms with E-state index in [1.165, 1.54) is 0 Å². The zero-order chi connectivity index (χ0) is 22.8. The summed E-state index contributed by atoms with van der Waals surface area (Å²) in [6, 6.07) is 7.26. The fraction of sp³-hybridized carbons (Fsp3) is 0.375. The minimum Gasteiger partial charge on any atom is -0.342 e. The van der Waals surface area contributed by atoms with Crippen LogP contribution in [-0.2, 0) is 13.0 Å². The summed E-state index contributed by atoms with van der Waals surface area (Å²) in [5, 5.41) is 0.871. The maximum Gasteiger partial charge on any atom is 0.272 e. The van der Waals surface area contributed by atoms with Gasteiger partial charge < -0.3 is 14.8 Å². The Kier molecular flexibility index (Phi) is 6.03. The molecular weight excluding hydrogens is 406 g/mol. The molecule has 3 aromatic rings. The summed E-state index contributed by atoms with van der Waals surface area (Å²) in [4.78, 5) is 53.2. The van der Waals surface area contributed by atoms with E-state index in [1.54, 1.807) is 35.3 Å². The summed E-state index contributed by atoms with van der Waals surface area (Å²) in [6.45, 7) is 5.51. The van der Waals surface area contributed by atoms with Crippen LogP contribution in [0.4, 0.5) is 0 Å². The van der Waals surface area contributed by atoms with Crippen molar-refractivity contribution in [3.63, 3.8) is 0 Å². The SMILES string of the molecule is CC(C)CCN(C)C(=O)c1c2c(c[nH]c1=O)CN(C(=O)c1ccc3cccnc3n1)CC2. The van der Waals surface area contributed by atoms with Crippen molar-refractivity contribution in [1.29, 1.82) is 0 Å². The van der Waals surface area contributed by atoms with Crippen LogP contribution in [0.5, 0.6) is 0 Å². The number of aromatic amines is 1. The standard InChI is InChI=1S/C24H27N5O3/c1-15(2)8-11-28(3)24(32)20-18-9-12-29(14-17(18)13-26-22(20)30)23(31)19-7-6-16-5-4-10-25-21(16)27-19/h4-7,10,13,15H,8-9,11-12,14H2,1-3H3,(H,26,30). The molecule has 1 aliphatic rings. The highest BCUT2D eigenvalue weighted by atomic mass is 16.2. The van der Waals surface area contributed by atoms with E-state index in [1.807, 2.05) is 18.2 Å². The number of carbonyl (C=O) groups excluding carboxylic acids is 2. The molecule has 32 heavy (non-hydrogen) atoms. The van der Waals surface area contributed by atoms with Gasteiger partial charge in [0.05, 0.1) is 0 Å². The molecule has 1 N–H and O–H groups in total. The Morgan fingerprint density at radius 3 is 2.84 bits per heavy atom. The molecular formula is C24H27N5O3. The number of hydrogen-bond donors (Lipinski definition) is 1. The molecule has 0 bridgehead atoms. The van der Waals surface area contributed by atoms with E-state index in [4.69, 9.17) is 0 Å². The second-order valence-electron chi connectivity index (χ2n) is 8.63. The van der Waals surface area contributed by atoms with Crippen LogP contribution in [0.25, 0.3) is 11.0 Å². The van der Waals surface area contributed by atoms with Gasteiger partial charge in [-0.1, -0.05) is 13.8 Å². The van der Waals surface area contributed by atoms with Crippen molar-refractivity contribution in [3.05, 3.63) is 69.4 Å². The largest absolute Gasteiger partial charge is 0.342 e. The molecule has 3 aromatic heterocycles. The Hall–Kier alpha value is -3.55. The van der Waals surface area contributed by atoms with Crippen LogP contribution >= 0.6 is 0 Å². The number of amides is 2. The number of aromatic nitrogens is 3. The molecule has 0 atom stereocenters. The summed E-state index contributed by atoms with van der Waals surface area (Å²) >= 11 is 0. The van der Waals surface area contributed by atoms with Crippen molar-refractivity contribution in [3.8, 4) is 0 Å². The molecule has 0 saturated heterocycles. The topological polar surface area (TPSA) is 99.3 Å². The molecule has 8 heteroatoms. The quantitative estimate of drug-likeness (QED) is 0.667. The van der Waals surface area contributed by atoms with Crippen molar-refractivity contribution in [2.45, 2.75) is 33.2 Å². The molecule has 4 rings (SSSR count). The van der Waals surface area contributed by atoms with Crippen LogP contribution in [0.1, 0.15) is 52.2 Å². The van der Waals surface area contributed by atoms with Crippen molar-refractivity contribution in [2.75, 3.05) is 20.1 Å². The minimum atomic E-state index is -0.382. The summed E-state index contributed by atoms with van der Waals surface area (Å²) in [5.74, 6) is -0.00571. The molecule has 0 fully saturated rings. The lowest BCUT2D eigenvalue weighted by Crippen LogP contribution is -2.40. The molecule has 8 nitrogen and oxygen atoms in total. The Labute approximate surface area is 186 Å². The van der Waals surface area contributed by atoms with Crippen LogP contribution in [0.3, 0.4) is 0 Å². The van der Waals surface area contributed by atoms with E-state index in [9.17, 15) is 14.4 Å². The monoisotopic (exact) mass is 433 g/mol. The van der Waals surface area contributed by atoms with Gasteiger partial charge >= 0.3 is 0 Å². The van der Waals surface area contributed by atoms with Gasteiger partial charge in [-0.3, -0.25) is 14.4 Å². The van der Waals surface area contributed by atoms with Gasteiger partial charge in [-0.05, 0) is 54.2 Å². The fourth-order valence-electron chi connectivity index (χ4n) is 3.95. The van der Waals surface area contributed by atoms with Crippen molar-refractivity contribution in [2.24, 2.45) is 5.92 Å². The summed E-state index contributed by atoms with van der Waals surface area (Å²) in [5.41, 5.74) is 2.17. The molecule has 166 valence electrons. The zero-order valence-corrected chi connectivity index (χ0v) is 18.6. The lowest BCUT2D eigenvalue weighted by atomic mass is 9.95. The predicted octanol–water partition coefficient (Wildman–Crippen LogP) is 2.63. The Bertz CT molecular complexity index is 1230. The number of fused-ring (bicyclic) bond motifs is 2. The van der Waals surface area contributed by atoms with E-state index in [2.05, 4.69) is 28.8 Å². The smallest absolute Gasteiger partial charge is 0.272 e. The molecule has 0 radical (unpaired) electrons. The van der Waals surface area contributed by atoms with Crippen LogP contribution in [0, 0.1) is 5.92 Å². The van der Waals surface area contributed by atoms with E-state index in [0.29, 0.717) is 43.3 Å². The van der Waals surface area contributed by atoms with E-state index >= 15 is 0 Å². The Balaban J connectivity index is 1.57. The van der Waals surface area contributed by atoms with Crippen molar-refractivity contribution in [1.82, 2.24) is 24.8 Å². The minimum absolute atomic E-state index is 0.189. The second kappa shape index (κ2) is 8.90. The van der Waals surface area contributed by atoms with Crippen LogP contribution in [-0.4, -0.2) is 56.7 Å². The van der Waals surface area contributed by atoms with Gasteiger partial charge in [0.25, 0.3) is 17.4 Å². The third kappa shape index (κ3) is 4.26. The first-order valence-corrected chi connectivity index (χ1v) is 10.8. The second-order valence-corrected chi connectivity index (χ2v) is 8.63. The van der Waals surface area contributed by atoms with Gasteiger partial charge in [0, 0.05) is 44.5 Å². The lowest BCUT2D eigenvalue weighted by molar-refractivity contribution is 0.0727. The Morgan fingerprint density at radius 2 is 2.06 bits per heavy atom. The van der Waals surface area contributed by atoms with Crippen LogP contribution in [0.2, 0.25) is 0 Å².